The number of nitrogens with zero attached hydrogens (tertiary/aromatic N) is 2. The monoisotopic (exact) mass is 354 g/mol. The fraction of sp³-hybridized carbons (Fsp3) is 0.636. The zero-order valence-electron chi connectivity index (χ0n) is 15.7. The number of hydrogen-bond acceptors (Lipinski definition) is 3. The lowest BCUT2D eigenvalue weighted by atomic mass is 10.1. The van der Waals surface area contributed by atoms with Crippen LogP contribution in [0.25, 0.3) is 0 Å². The third-order valence-corrected chi connectivity index (χ3v) is 6.51. The Labute approximate surface area is 156 Å². The lowest BCUT2D eigenvalue weighted by molar-refractivity contribution is 0.0646. The summed E-state index contributed by atoms with van der Waals surface area (Å²) in [7, 11) is 0. The molecule has 2 amide bonds. The van der Waals surface area contributed by atoms with E-state index in [0.717, 1.165) is 31.5 Å². The summed E-state index contributed by atoms with van der Waals surface area (Å²) in [5.74, 6) is -0.233. The van der Waals surface area contributed by atoms with Gasteiger partial charge < -0.3 is 0 Å². The largest absolute Gasteiger partial charge is 0.297 e. The molecule has 0 aromatic heterocycles. The molecule has 0 radical (unpaired) electrons. The van der Waals surface area contributed by atoms with E-state index >= 15 is 0 Å². The highest BCUT2D eigenvalue weighted by atomic mass is 16.2. The lowest BCUT2D eigenvalue weighted by Crippen LogP contribution is -2.41. The third-order valence-electron chi connectivity index (χ3n) is 6.51. The van der Waals surface area contributed by atoms with E-state index in [4.69, 9.17) is 0 Å². The first kappa shape index (κ1) is 17.7. The minimum absolute atomic E-state index is 0.117. The second-order valence-corrected chi connectivity index (χ2v) is 8.13. The summed E-state index contributed by atoms with van der Waals surface area (Å²) in [5.41, 5.74) is 1.13. The second kappa shape index (κ2) is 7.91. The van der Waals surface area contributed by atoms with E-state index in [0.29, 0.717) is 17.7 Å². The maximum atomic E-state index is 12.4. The van der Waals surface area contributed by atoms with Gasteiger partial charge in [0, 0.05) is 18.6 Å². The van der Waals surface area contributed by atoms with Gasteiger partial charge in [-0.25, -0.2) is 0 Å². The molecule has 1 aromatic carbocycles. The number of carbonyl (C=O) groups is 2. The Bertz CT molecular complexity index is 609. The zero-order valence-corrected chi connectivity index (χ0v) is 15.7. The summed E-state index contributed by atoms with van der Waals surface area (Å²) >= 11 is 0. The second-order valence-electron chi connectivity index (χ2n) is 8.13. The molecule has 0 spiro atoms. The average Bonchev–Trinajstić information content (AvgIpc) is 3.41. The van der Waals surface area contributed by atoms with Gasteiger partial charge in [-0.05, 0) is 57.2 Å². The summed E-state index contributed by atoms with van der Waals surface area (Å²) in [4.78, 5) is 29.1. The molecule has 0 N–H and O–H groups in total. The Morgan fingerprint density at radius 1 is 0.808 bits per heavy atom. The molecule has 26 heavy (non-hydrogen) atoms. The van der Waals surface area contributed by atoms with E-state index in [1.165, 1.54) is 56.3 Å². The molecule has 4 rings (SSSR count). The van der Waals surface area contributed by atoms with Crippen LogP contribution in [0.2, 0.25) is 0 Å². The van der Waals surface area contributed by atoms with Crippen LogP contribution in [0.1, 0.15) is 84.9 Å². The Hall–Kier alpha value is -1.68. The topological polar surface area (TPSA) is 40.6 Å². The van der Waals surface area contributed by atoms with Gasteiger partial charge in [-0.15, -0.1) is 0 Å². The zero-order chi connectivity index (χ0) is 17.9. The fourth-order valence-electron chi connectivity index (χ4n) is 5.14. The minimum Gasteiger partial charge on any atom is -0.297 e. The Balaban J connectivity index is 1.30. The van der Waals surface area contributed by atoms with E-state index < -0.39 is 0 Å². The van der Waals surface area contributed by atoms with Crippen molar-refractivity contribution >= 4 is 11.8 Å². The van der Waals surface area contributed by atoms with Crippen molar-refractivity contribution in [1.29, 1.82) is 0 Å². The standard InChI is InChI=1S/C22H30N2O2/c25-21-19-13-5-6-14-20(19)22(26)24(21)16-8-7-15-23(17-9-1-2-10-17)18-11-3-4-12-18/h5-6,13-14,17-18H,1-4,7-12,15-16H2. The molecule has 4 heteroatoms. The van der Waals surface area contributed by atoms with Crippen molar-refractivity contribution in [2.24, 2.45) is 0 Å². The van der Waals surface area contributed by atoms with Crippen LogP contribution in [0.4, 0.5) is 0 Å². The molecule has 2 saturated carbocycles. The van der Waals surface area contributed by atoms with Gasteiger partial charge in [-0.1, -0.05) is 37.8 Å². The van der Waals surface area contributed by atoms with Crippen molar-refractivity contribution in [3.8, 4) is 0 Å². The van der Waals surface area contributed by atoms with E-state index in [1.54, 1.807) is 12.1 Å². The lowest BCUT2D eigenvalue weighted by Gasteiger charge is -2.34. The van der Waals surface area contributed by atoms with Crippen LogP contribution in [0.15, 0.2) is 24.3 Å². The van der Waals surface area contributed by atoms with Crippen LogP contribution in [-0.2, 0) is 0 Å². The van der Waals surface area contributed by atoms with Gasteiger partial charge in [-0.3, -0.25) is 19.4 Å². The Kier molecular flexibility index (Phi) is 5.39. The molecule has 3 aliphatic rings. The summed E-state index contributed by atoms with van der Waals surface area (Å²) < 4.78 is 0. The smallest absolute Gasteiger partial charge is 0.261 e. The summed E-state index contributed by atoms with van der Waals surface area (Å²) in [6, 6.07) is 8.73. The first-order valence-electron chi connectivity index (χ1n) is 10.5. The van der Waals surface area contributed by atoms with Gasteiger partial charge in [0.05, 0.1) is 11.1 Å². The Morgan fingerprint density at radius 3 is 1.81 bits per heavy atom. The van der Waals surface area contributed by atoms with E-state index in [1.807, 2.05) is 12.1 Å². The number of unbranched alkanes of at least 4 members (excludes halogenated alkanes) is 1. The highest BCUT2D eigenvalue weighted by Gasteiger charge is 2.35. The van der Waals surface area contributed by atoms with Crippen molar-refractivity contribution in [1.82, 2.24) is 9.80 Å². The number of carbonyl (C=O) groups excluding carboxylic acids is 2. The van der Waals surface area contributed by atoms with Gasteiger partial charge in [0.1, 0.15) is 0 Å². The molecule has 0 atom stereocenters. The molecule has 1 heterocycles. The molecule has 0 saturated heterocycles. The first-order valence-corrected chi connectivity index (χ1v) is 10.5. The molecule has 0 unspecified atom stereocenters. The normalized spacial score (nSPS) is 21.3. The van der Waals surface area contributed by atoms with Crippen molar-refractivity contribution in [3.63, 3.8) is 0 Å². The molecule has 1 aliphatic heterocycles. The van der Waals surface area contributed by atoms with Crippen LogP contribution >= 0.6 is 0 Å². The fourth-order valence-corrected chi connectivity index (χ4v) is 5.14. The van der Waals surface area contributed by atoms with Gasteiger partial charge >= 0.3 is 0 Å². The average molecular weight is 354 g/mol. The van der Waals surface area contributed by atoms with E-state index in [-0.39, 0.29) is 11.8 Å². The van der Waals surface area contributed by atoms with Gasteiger partial charge in [-0.2, -0.15) is 0 Å². The summed E-state index contributed by atoms with van der Waals surface area (Å²) in [5, 5.41) is 0. The van der Waals surface area contributed by atoms with E-state index in [9.17, 15) is 9.59 Å². The van der Waals surface area contributed by atoms with Crippen molar-refractivity contribution in [2.45, 2.75) is 76.3 Å². The number of benzene rings is 1. The highest BCUT2D eigenvalue weighted by molar-refractivity contribution is 6.21. The predicted octanol–water partition coefficient (Wildman–Crippen LogP) is 4.25. The molecular weight excluding hydrogens is 324 g/mol. The first-order chi connectivity index (χ1) is 12.8. The highest BCUT2D eigenvalue weighted by Crippen LogP contribution is 2.32. The summed E-state index contributed by atoms with van der Waals surface area (Å²) in [6.07, 6.45) is 12.9. The Morgan fingerprint density at radius 2 is 1.31 bits per heavy atom. The van der Waals surface area contributed by atoms with E-state index in [2.05, 4.69) is 4.90 Å². The number of amides is 2. The van der Waals surface area contributed by atoms with Crippen molar-refractivity contribution in [2.75, 3.05) is 13.1 Å². The molecule has 1 aromatic rings. The van der Waals surface area contributed by atoms with Crippen LogP contribution in [0.3, 0.4) is 0 Å². The summed E-state index contributed by atoms with van der Waals surface area (Å²) in [6.45, 7) is 1.67. The number of imide groups is 1. The van der Waals surface area contributed by atoms with Gasteiger partial charge in [0.15, 0.2) is 0 Å². The third kappa shape index (κ3) is 3.44. The molecule has 0 bridgehead atoms. The van der Waals surface area contributed by atoms with Crippen LogP contribution < -0.4 is 0 Å². The SMILES string of the molecule is O=C1c2ccccc2C(=O)N1CCCCN(C1CCCC1)C1CCCC1. The maximum Gasteiger partial charge on any atom is 0.261 e. The molecule has 4 nitrogen and oxygen atoms in total. The van der Waals surface area contributed by atoms with Crippen LogP contribution in [-0.4, -0.2) is 46.8 Å². The molecule has 2 aliphatic carbocycles. The molecule has 2 fully saturated rings. The van der Waals surface area contributed by atoms with Crippen molar-refractivity contribution < 1.29 is 9.59 Å². The van der Waals surface area contributed by atoms with Gasteiger partial charge in [0.25, 0.3) is 11.8 Å². The predicted molar refractivity (Wildman–Crippen MR) is 102 cm³/mol. The number of rotatable bonds is 7. The number of fused-ring (bicyclic) bond motifs is 1. The quantitative estimate of drug-likeness (QED) is 0.543. The maximum absolute atomic E-state index is 12.4. The number of hydrogen-bond donors (Lipinski definition) is 0. The minimum atomic E-state index is -0.117. The molecular formula is C22H30N2O2. The van der Waals surface area contributed by atoms with Crippen LogP contribution in [0.5, 0.6) is 0 Å². The van der Waals surface area contributed by atoms with Crippen LogP contribution in [0, 0.1) is 0 Å². The van der Waals surface area contributed by atoms with Gasteiger partial charge in [0.2, 0.25) is 0 Å². The molecule has 140 valence electrons. The van der Waals surface area contributed by atoms with Crippen molar-refractivity contribution in [3.05, 3.63) is 35.4 Å².